The van der Waals surface area contributed by atoms with Crippen LogP contribution in [0.2, 0.25) is 0 Å². The number of hydrogen-bond donors (Lipinski definition) is 4. The zero-order valence-corrected chi connectivity index (χ0v) is 18.7. The minimum Gasteiger partial charge on any atom is -0.478 e. The van der Waals surface area contributed by atoms with Crippen molar-refractivity contribution in [1.29, 1.82) is 0 Å². The Bertz CT molecular complexity index is 1360. The Kier molecular flexibility index (Phi) is 6.95. The van der Waals surface area contributed by atoms with Gasteiger partial charge in [-0.15, -0.1) is 0 Å². The Morgan fingerprint density at radius 3 is 2.69 bits per heavy atom. The second-order valence-electron chi connectivity index (χ2n) is 7.80. The van der Waals surface area contributed by atoms with E-state index in [2.05, 4.69) is 10.3 Å². The van der Waals surface area contributed by atoms with Crippen molar-refractivity contribution in [2.45, 2.75) is 19.6 Å². The first-order valence-electron chi connectivity index (χ1n) is 10.7. The fourth-order valence-electron chi connectivity index (χ4n) is 3.46. The van der Waals surface area contributed by atoms with Crippen molar-refractivity contribution in [3.8, 4) is 22.9 Å². The number of pyridine rings is 1. The number of ether oxygens (including phenoxy) is 1. The van der Waals surface area contributed by atoms with Crippen molar-refractivity contribution in [2.75, 3.05) is 11.9 Å². The molecule has 180 valence electrons. The molecule has 3 heterocycles. The van der Waals surface area contributed by atoms with Crippen LogP contribution < -0.4 is 10.1 Å². The minimum absolute atomic E-state index is 0.0111. The Hall–Kier alpha value is -4.41. The van der Waals surface area contributed by atoms with Crippen molar-refractivity contribution in [2.24, 2.45) is 0 Å². The van der Waals surface area contributed by atoms with Gasteiger partial charge in [0.05, 0.1) is 42.5 Å². The molecule has 0 radical (unpaired) electrons. The van der Waals surface area contributed by atoms with E-state index in [1.54, 1.807) is 49.4 Å². The summed E-state index contributed by atoms with van der Waals surface area (Å²) in [6.45, 7) is 1.30. The number of amides is 1. The van der Waals surface area contributed by atoms with Gasteiger partial charge in [-0.3, -0.25) is 9.78 Å². The highest BCUT2D eigenvalue weighted by Gasteiger charge is 2.17. The molecule has 3 aromatic heterocycles. The van der Waals surface area contributed by atoms with E-state index in [1.165, 1.54) is 29.3 Å². The molecular weight excluding hydrogens is 454 g/mol. The number of aromatic carboxylic acids is 1. The number of aliphatic hydroxyl groups excluding tert-OH is 2. The van der Waals surface area contributed by atoms with Gasteiger partial charge in [-0.05, 0) is 37.3 Å². The van der Waals surface area contributed by atoms with Gasteiger partial charge in [-0.1, -0.05) is 6.07 Å². The van der Waals surface area contributed by atoms with Gasteiger partial charge in [-0.2, -0.15) is 0 Å². The first-order chi connectivity index (χ1) is 16.8. The van der Waals surface area contributed by atoms with Gasteiger partial charge in [0.15, 0.2) is 5.76 Å². The Labute approximate surface area is 200 Å². The number of nitrogens with zero attached hydrogens (tertiary/aromatic N) is 2. The van der Waals surface area contributed by atoms with E-state index < -0.39 is 18.7 Å². The van der Waals surface area contributed by atoms with Crippen LogP contribution in [0.3, 0.4) is 0 Å². The van der Waals surface area contributed by atoms with Crippen LogP contribution >= 0.6 is 0 Å². The summed E-state index contributed by atoms with van der Waals surface area (Å²) in [5.74, 6) is -0.401. The molecule has 0 aliphatic carbocycles. The molecule has 0 saturated carbocycles. The smallest absolute Gasteiger partial charge is 0.337 e. The Morgan fingerprint density at radius 2 is 1.97 bits per heavy atom. The zero-order chi connectivity index (χ0) is 24.9. The molecule has 0 aliphatic heterocycles. The largest absolute Gasteiger partial charge is 0.478 e. The van der Waals surface area contributed by atoms with E-state index in [4.69, 9.17) is 9.15 Å². The fourth-order valence-corrected chi connectivity index (χ4v) is 3.46. The number of carboxylic acid groups (broad SMARTS) is 1. The quantitative estimate of drug-likeness (QED) is 0.286. The van der Waals surface area contributed by atoms with Crippen LogP contribution in [0.5, 0.6) is 11.5 Å². The summed E-state index contributed by atoms with van der Waals surface area (Å²) >= 11 is 0. The molecule has 0 fully saturated rings. The van der Waals surface area contributed by atoms with Gasteiger partial charge in [0, 0.05) is 35.8 Å². The number of hydrogen-bond acceptors (Lipinski definition) is 7. The van der Waals surface area contributed by atoms with Crippen LogP contribution in [0, 0.1) is 6.92 Å². The lowest BCUT2D eigenvalue weighted by Crippen LogP contribution is -2.20. The van der Waals surface area contributed by atoms with Crippen molar-refractivity contribution in [3.63, 3.8) is 0 Å². The molecule has 10 heteroatoms. The SMILES string of the molecule is Cc1ccoc1C(=O)Nc1cccc(Oc2ccnc(-c3cc(C(=O)O)cn3CC(O)CO)c2)c1. The first kappa shape index (κ1) is 23.7. The molecular formula is C25H23N3O7. The molecule has 0 aliphatic rings. The molecule has 0 saturated heterocycles. The third-order valence-corrected chi connectivity index (χ3v) is 5.15. The maximum absolute atomic E-state index is 12.4. The molecule has 4 N–H and O–H groups in total. The molecule has 1 atom stereocenters. The average Bonchev–Trinajstić information content (AvgIpc) is 3.46. The second kappa shape index (κ2) is 10.2. The maximum Gasteiger partial charge on any atom is 0.337 e. The van der Waals surface area contributed by atoms with Gasteiger partial charge >= 0.3 is 5.97 Å². The van der Waals surface area contributed by atoms with Crippen LogP contribution in [0.25, 0.3) is 11.4 Å². The van der Waals surface area contributed by atoms with E-state index in [1.807, 2.05) is 0 Å². The fraction of sp³-hybridized carbons (Fsp3) is 0.160. The third-order valence-electron chi connectivity index (χ3n) is 5.15. The van der Waals surface area contributed by atoms with Crippen molar-refractivity contribution < 1.29 is 34.1 Å². The van der Waals surface area contributed by atoms with Crippen molar-refractivity contribution >= 4 is 17.6 Å². The summed E-state index contributed by atoms with van der Waals surface area (Å²) in [7, 11) is 0. The number of carbonyl (C=O) groups is 2. The normalized spacial score (nSPS) is 11.7. The van der Waals surface area contributed by atoms with E-state index >= 15 is 0 Å². The minimum atomic E-state index is -1.13. The van der Waals surface area contributed by atoms with Crippen LogP contribution in [0.1, 0.15) is 26.5 Å². The second-order valence-corrected chi connectivity index (χ2v) is 7.80. The standard InChI is InChI=1S/C25H23N3O7/c1-15-6-8-34-23(15)24(31)27-17-3-2-4-19(10-17)35-20-5-7-26-21(11-20)22-9-16(25(32)33)12-28(22)13-18(30)14-29/h2-12,18,29-30H,13-14H2,1H3,(H,27,31)(H,32,33). The van der Waals surface area contributed by atoms with E-state index in [-0.39, 0.29) is 23.8 Å². The summed E-state index contributed by atoms with van der Waals surface area (Å²) in [5, 5.41) is 31.2. The number of furan rings is 1. The highest BCUT2D eigenvalue weighted by atomic mass is 16.5. The number of aromatic nitrogens is 2. The number of aliphatic hydroxyl groups is 2. The summed E-state index contributed by atoms with van der Waals surface area (Å²) in [6, 6.07) is 13.2. The lowest BCUT2D eigenvalue weighted by atomic mass is 10.2. The number of aryl methyl sites for hydroxylation is 1. The van der Waals surface area contributed by atoms with Gasteiger partial charge in [0.25, 0.3) is 5.91 Å². The summed E-state index contributed by atoms with van der Waals surface area (Å²) in [5.41, 5.74) is 2.11. The highest BCUT2D eigenvalue weighted by Crippen LogP contribution is 2.29. The maximum atomic E-state index is 12.4. The predicted molar refractivity (Wildman–Crippen MR) is 126 cm³/mol. The van der Waals surface area contributed by atoms with E-state index in [0.29, 0.717) is 28.6 Å². The van der Waals surface area contributed by atoms with Gasteiger partial charge in [0.1, 0.15) is 11.5 Å². The molecule has 0 spiro atoms. The molecule has 4 rings (SSSR count). The third kappa shape index (κ3) is 5.57. The molecule has 4 aromatic rings. The van der Waals surface area contributed by atoms with E-state index in [0.717, 1.165) is 5.56 Å². The molecule has 35 heavy (non-hydrogen) atoms. The number of anilines is 1. The topological polar surface area (TPSA) is 147 Å². The average molecular weight is 477 g/mol. The number of benzene rings is 1. The lowest BCUT2D eigenvalue weighted by molar-refractivity contribution is 0.0694. The molecule has 1 amide bonds. The van der Waals surface area contributed by atoms with Gasteiger partial charge in [-0.25, -0.2) is 4.79 Å². The number of nitrogens with one attached hydrogen (secondary N) is 1. The van der Waals surface area contributed by atoms with E-state index in [9.17, 15) is 24.9 Å². The number of carboxylic acids is 1. The Morgan fingerprint density at radius 1 is 1.17 bits per heavy atom. The molecule has 0 bridgehead atoms. The van der Waals surface area contributed by atoms with Crippen LogP contribution in [0.15, 0.2) is 71.6 Å². The van der Waals surface area contributed by atoms with Crippen molar-refractivity contribution in [1.82, 2.24) is 9.55 Å². The molecule has 10 nitrogen and oxygen atoms in total. The van der Waals surface area contributed by atoms with Crippen LogP contribution in [0.4, 0.5) is 5.69 Å². The molecule has 1 aromatic carbocycles. The lowest BCUT2D eigenvalue weighted by Gasteiger charge is -2.13. The summed E-state index contributed by atoms with van der Waals surface area (Å²) < 4.78 is 12.7. The zero-order valence-electron chi connectivity index (χ0n) is 18.7. The monoisotopic (exact) mass is 477 g/mol. The molecule has 1 unspecified atom stereocenters. The highest BCUT2D eigenvalue weighted by molar-refractivity contribution is 6.03. The van der Waals surface area contributed by atoms with Crippen LogP contribution in [-0.4, -0.2) is 49.5 Å². The van der Waals surface area contributed by atoms with Crippen LogP contribution in [-0.2, 0) is 6.54 Å². The number of carbonyl (C=O) groups excluding carboxylic acids is 1. The van der Waals surface area contributed by atoms with Gasteiger partial charge in [0.2, 0.25) is 0 Å². The number of rotatable bonds is 9. The first-order valence-corrected chi connectivity index (χ1v) is 10.7. The van der Waals surface area contributed by atoms with Gasteiger partial charge < -0.3 is 34.4 Å². The summed E-state index contributed by atoms with van der Waals surface area (Å²) in [6.07, 6.45) is 3.27. The Balaban J connectivity index is 1.56. The predicted octanol–water partition coefficient (Wildman–Crippen LogP) is 3.55. The summed E-state index contributed by atoms with van der Waals surface area (Å²) in [4.78, 5) is 28.2. The van der Waals surface area contributed by atoms with Crippen molar-refractivity contribution in [3.05, 3.63) is 84.1 Å².